The molecule has 0 bridgehead atoms. The monoisotopic (exact) mass is 335 g/mol. The second kappa shape index (κ2) is 5.54. The summed E-state index contributed by atoms with van der Waals surface area (Å²) in [5.74, 6) is -1.38. The van der Waals surface area contributed by atoms with E-state index in [4.69, 9.17) is 28.3 Å². The van der Waals surface area contributed by atoms with Crippen LogP contribution in [0.5, 0.6) is 0 Å². The molecular weight excluding hydrogens is 330 g/mol. The van der Waals surface area contributed by atoms with Gasteiger partial charge in [0.15, 0.2) is 5.69 Å². The molecule has 0 aliphatic carbocycles. The lowest BCUT2D eigenvalue weighted by Gasteiger charge is -2.10. The number of aromatic nitrogens is 1. The number of carboxylic acid groups (broad SMARTS) is 1. The molecule has 2 rings (SSSR count). The van der Waals surface area contributed by atoms with Crippen LogP contribution in [0.3, 0.4) is 0 Å². The van der Waals surface area contributed by atoms with Gasteiger partial charge in [-0.05, 0) is 23.8 Å². The number of hydrogen-bond acceptors (Lipinski definition) is 2. The maximum absolute atomic E-state index is 12.7. The quantitative estimate of drug-likeness (QED) is 0.804. The molecule has 21 heavy (non-hydrogen) atoms. The molecular formula is C13H6Cl2F3NO2. The van der Waals surface area contributed by atoms with E-state index in [0.717, 1.165) is 12.1 Å². The lowest BCUT2D eigenvalue weighted by molar-refractivity contribution is -0.137. The second-order valence-electron chi connectivity index (χ2n) is 4.04. The average molecular weight is 336 g/mol. The van der Waals surface area contributed by atoms with Crippen molar-refractivity contribution in [3.05, 3.63) is 51.8 Å². The minimum absolute atomic E-state index is 0.123. The van der Waals surface area contributed by atoms with Crippen molar-refractivity contribution >= 4 is 29.2 Å². The zero-order valence-electron chi connectivity index (χ0n) is 10.1. The molecule has 0 aliphatic heterocycles. The molecule has 110 valence electrons. The Bertz CT molecular complexity index is 717. The van der Waals surface area contributed by atoms with Crippen LogP contribution in [0.1, 0.15) is 16.1 Å². The number of hydrogen-bond donors (Lipinski definition) is 1. The summed E-state index contributed by atoms with van der Waals surface area (Å²) in [5.41, 5.74) is -1.05. The highest BCUT2D eigenvalue weighted by molar-refractivity contribution is 6.36. The van der Waals surface area contributed by atoms with Gasteiger partial charge in [0.2, 0.25) is 0 Å². The van der Waals surface area contributed by atoms with Crippen molar-refractivity contribution in [2.45, 2.75) is 6.18 Å². The van der Waals surface area contributed by atoms with Crippen molar-refractivity contribution in [1.29, 1.82) is 0 Å². The number of pyridine rings is 1. The first-order chi connectivity index (χ1) is 9.70. The van der Waals surface area contributed by atoms with Crippen LogP contribution >= 0.6 is 23.2 Å². The van der Waals surface area contributed by atoms with Crippen molar-refractivity contribution in [2.75, 3.05) is 0 Å². The summed E-state index contributed by atoms with van der Waals surface area (Å²) in [6.45, 7) is 0. The van der Waals surface area contributed by atoms with E-state index in [1.54, 1.807) is 0 Å². The van der Waals surface area contributed by atoms with Crippen LogP contribution in [0.25, 0.3) is 11.1 Å². The molecule has 0 amide bonds. The zero-order chi connectivity index (χ0) is 15.8. The summed E-state index contributed by atoms with van der Waals surface area (Å²) in [5, 5.41) is 8.40. The predicted octanol–water partition coefficient (Wildman–Crippen LogP) is 4.77. The standard InChI is InChI=1S/C13H6Cl2F3NO2/c14-9-5-8(11(15)19-10(9)12(20)21)6-2-1-3-7(4-6)13(16,17)18/h1-5H,(H,20,21). The first-order valence-corrected chi connectivity index (χ1v) is 6.22. The van der Waals surface area contributed by atoms with Gasteiger partial charge < -0.3 is 5.11 Å². The third kappa shape index (κ3) is 3.28. The van der Waals surface area contributed by atoms with Gasteiger partial charge in [-0.3, -0.25) is 0 Å². The molecule has 8 heteroatoms. The Morgan fingerprint density at radius 3 is 2.43 bits per heavy atom. The smallest absolute Gasteiger partial charge is 0.416 e. The van der Waals surface area contributed by atoms with E-state index in [9.17, 15) is 18.0 Å². The molecule has 2 aromatic rings. The maximum Gasteiger partial charge on any atom is 0.416 e. The summed E-state index contributed by atoms with van der Waals surface area (Å²) >= 11 is 11.6. The van der Waals surface area contributed by atoms with Crippen LogP contribution in [0.2, 0.25) is 10.2 Å². The average Bonchev–Trinajstić information content (AvgIpc) is 2.40. The highest BCUT2D eigenvalue weighted by Gasteiger charge is 2.30. The van der Waals surface area contributed by atoms with Crippen LogP contribution in [-0.4, -0.2) is 16.1 Å². The number of rotatable bonds is 2. The number of alkyl halides is 3. The van der Waals surface area contributed by atoms with E-state index in [1.165, 1.54) is 18.2 Å². The Morgan fingerprint density at radius 2 is 1.86 bits per heavy atom. The molecule has 3 nitrogen and oxygen atoms in total. The summed E-state index contributed by atoms with van der Waals surface area (Å²) in [6.07, 6.45) is -4.50. The zero-order valence-corrected chi connectivity index (χ0v) is 11.6. The van der Waals surface area contributed by atoms with Crippen molar-refractivity contribution in [1.82, 2.24) is 4.98 Å². The third-order valence-corrected chi connectivity index (χ3v) is 3.21. The Kier molecular flexibility index (Phi) is 4.11. The lowest BCUT2D eigenvalue weighted by atomic mass is 10.0. The maximum atomic E-state index is 12.7. The fraction of sp³-hybridized carbons (Fsp3) is 0.0769. The summed E-state index contributed by atoms with van der Waals surface area (Å²) in [7, 11) is 0. The molecule has 0 spiro atoms. The number of halogens is 5. The normalized spacial score (nSPS) is 11.5. The fourth-order valence-electron chi connectivity index (χ4n) is 1.68. The Balaban J connectivity index is 2.58. The number of benzene rings is 1. The third-order valence-electron chi connectivity index (χ3n) is 2.63. The minimum atomic E-state index is -4.50. The van der Waals surface area contributed by atoms with E-state index >= 15 is 0 Å². The highest BCUT2D eigenvalue weighted by atomic mass is 35.5. The van der Waals surface area contributed by atoms with Gasteiger partial charge in [-0.1, -0.05) is 35.3 Å². The number of carbonyl (C=O) groups is 1. The van der Waals surface area contributed by atoms with Gasteiger partial charge in [0.1, 0.15) is 5.15 Å². The second-order valence-corrected chi connectivity index (χ2v) is 4.81. The number of aromatic carboxylic acids is 1. The van der Waals surface area contributed by atoms with Gasteiger partial charge >= 0.3 is 12.1 Å². The molecule has 0 fully saturated rings. The molecule has 1 aromatic heterocycles. The van der Waals surface area contributed by atoms with Gasteiger partial charge in [0.05, 0.1) is 10.6 Å². The van der Waals surface area contributed by atoms with E-state index in [2.05, 4.69) is 4.98 Å². The first kappa shape index (κ1) is 15.6. The van der Waals surface area contributed by atoms with Crippen molar-refractivity contribution in [2.24, 2.45) is 0 Å². The van der Waals surface area contributed by atoms with Crippen molar-refractivity contribution < 1.29 is 23.1 Å². The van der Waals surface area contributed by atoms with Crippen LogP contribution in [0.4, 0.5) is 13.2 Å². The first-order valence-electron chi connectivity index (χ1n) is 5.47. The Labute approximate surface area is 126 Å². The predicted molar refractivity (Wildman–Crippen MR) is 71.7 cm³/mol. The van der Waals surface area contributed by atoms with Gasteiger partial charge in [-0.2, -0.15) is 13.2 Å². The van der Waals surface area contributed by atoms with E-state index in [-0.39, 0.29) is 21.3 Å². The minimum Gasteiger partial charge on any atom is -0.476 e. The molecule has 0 saturated heterocycles. The van der Waals surface area contributed by atoms with Crippen molar-refractivity contribution in [3.8, 4) is 11.1 Å². The fourth-order valence-corrected chi connectivity index (χ4v) is 2.16. The molecule has 1 aromatic carbocycles. The molecule has 0 atom stereocenters. The summed E-state index contributed by atoms with van der Waals surface area (Å²) < 4.78 is 38.0. The molecule has 1 heterocycles. The van der Waals surface area contributed by atoms with Crippen LogP contribution < -0.4 is 0 Å². The SMILES string of the molecule is O=C(O)c1nc(Cl)c(-c2cccc(C(F)(F)F)c2)cc1Cl. The van der Waals surface area contributed by atoms with E-state index < -0.39 is 23.4 Å². The number of carboxylic acids is 1. The number of nitrogens with zero attached hydrogens (tertiary/aromatic N) is 1. The molecule has 0 saturated carbocycles. The highest BCUT2D eigenvalue weighted by Crippen LogP contribution is 2.35. The molecule has 0 radical (unpaired) electrons. The summed E-state index contributed by atoms with van der Waals surface area (Å²) in [4.78, 5) is 14.4. The van der Waals surface area contributed by atoms with Crippen LogP contribution in [0.15, 0.2) is 30.3 Å². The van der Waals surface area contributed by atoms with Gasteiger partial charge in [-0.15, -0.1) is 0 Å². The van der Waals surface area contributed by atoms with Crippen LogP contribution in [-0.2, 0) is 6.18 Å². The van der Waals surface area contributed by atoms with E-state index in [0.29, 0.717) is 0 Å². The van der Waals surface area contributed by atoms with Crippen molar-refractivity contribution in [3.63, 3.8) is 0 Å². The van der Waals surface area contributed by atoms with Gasteiger partial charge in [0, 0.05) is 5.56 Å². The summed E-state index contributed by atoms with van der Waals surface area (Å²) in [6, 6.07) is 5.59. The van der Waals surface area contributed by atoms with Gasteiger partial charge in [0.25, 0.3) is 0 Å². The van der Waals surface area contributed by atoms with Crippen LogP contribution in [0, 0.1) is 0 Å². The lowest BCUT2D eigenvalue weighted by Crippen LogP contribution is -2.05. The molecule has 0 aliphatic rings. The largest absolute Gasteiger partial charge is 0.476 e. The Morgan fingerprint density at radius 1 is 1.19 bits per heavy atom. The van der Waals surface area contributed by atoms with E-state index in [1.807, 2.05) is 0 Å². The topological polar surface area (TPSA) is 50.2 Å². The Hall–Kier alpha value is -1.79. The molecule has 0 unspecified atom stereocenters. The van der Waals surface area contributed by atoms with Gasteiger partial charge in [-0.25, -0.2) is 9.78 Å². The molecule has 1 N–H and O–H groups in total.